The number of carbonyl (C=O) groups excluding carboxylic acids is 1. The van der Waals surface area contributed by atoms with E-state index >= 15 is 0 Å². The topological polar surface area (TPSA) is 70.6 Å². The van der Waals surface area contributed by atoms with Gasteiger partial charge in [-0.3, -0.25) is 9.69 Å². The Morgan fingerprint density at radius 3 is 2.92 bits per heavy atom. The van der Waals surface area contributed by atoms with Gasteiger partial charge in [0.1, 0.15) is 5.82 Å². The normalized spacial score (nSPS) is 23.2. The Bertz CT molecular complexity index is 519. The Balaban J connectivity index is 1.40. The molecule has 2 saturated heterocycles. The van der Waals surface area contributed by atoms with Crippen molar-refractivity contribution in [3.63, 3.8) is 0 Å². The number of anilines is 1. The van der Waals surface area contributed by atoms with Gasteiger partial charge in [0.15, 0.2) is 0 Å². The number of nitrogens with one attached hydrogen (secondary N) is 1. The molecule has 2 fully saturated rings. The molecule has 1 N–H and O–H groups in total. The minimum atomic E-state index is 0.179. The number of piperidine rings is 1. The molecule has 0 aliphatic carbocycles. The second-order valence-corrected chi connectivity index (χ2v) is 6.69. The Morgan fingerprint density at radius 2 is 2.21 bits per heavy atom. The van der Waals surface area contributed by atoms with Crippen LogP contribution in [0.5, 0.6) is 0 Å². The lowest BCUT2D eigenvalue weighted by molar-refractivity contribution is -0.130. The van der Waals surface area contributed by atoms with Gasteiger partial charge in [-0.2, -0.15) is 5.10 Å². The van der Waals surface area contributed by atoms with Crippen molar-refractivity contribution in [2.24, 2.45) is 5.92 Å². The fourth-order valence-corrected chi connectivity index (χ4v) is 3.48. The maximum absolute atomic E-state index is 11.4. The highest BCUT2D eigenvalue weighted by molar-refractivity contribution is 5.73. The summed E-state index contributed by atoms with van der Waals surface area (Å²) in [6, 6.07) is 3.78. The van der Waals surface area contributed by atoms with Crippen LogP contribution in [0.2, 0.25) is 0 Å². The highest BCUT2D eigenvalue weighted by atomic mass is 16.5. The molecule has 0 bridgehead atoms. The number of carbonyl (C=O) groups is 1. The van der Waals surface area contributed by atoms with Crippen molar-refractivity contribution in [3.8, 4) is 0 Å². The number of hydrogen-bond acceptors (Lipinski definition) is 6. The molecule has 132 valence electrons. The van der Waals surface area contributed by atoms with E-state index in [9.17, 15) is 4.79 Å². The molecule has 0 aromatic carbocycles. The van der Waals surface area contributed by atoms with Crippen molar-refractivity contribution < 1.29 is 9.53 Å². The summed E-state index contributed by atoms with van der Waals surface area (Å²) in [5, 5.41) is 11.2. The Morgan fingerprint density at radius 1 is 1.38 bits per heavy atom. The minimum absolute atomic E-state index is 0.179. The predicted octanol–water partition coefficient (Wildman–Crippen LogP) is 0.848. The SMILES string of the molecule is CC(=O)N1CCC(CN2CCOC(CNc3cccnn3)C2)CC1. The van der Waals surface area contributed by atoms with Crippen LogP contribution < -0.4 is 5.32 Å². The smallest absolute Gasteiger partial charge is 0.219 e. The molecule has 24 heavy (non-hydrogen) atoms. The molecule has 3 heterocycles. The number of morpholine rings is 1. The van der Waals surface area contributed by atoms with Gasteiger partial charge in [-0.1, -0.05) is 0 Å². The van der Waals surface area contributed by atoms with Crippen LogP contribution in [0.15, 0.2) is 18.3 Å². The highest BCUT2D eigenvalue weighted by Gasteiger charge is 2.26. The maximum Gasteiger partial charge on any atom is 0.219 e. The van der Waals surface area contributed by atoms with Crippen LogP contribution in [0.25, 0.3) is 0 Å². The molecule has 1 aromatic heterocycles. The van der Waals surface area contributed by atoms with Crippen LogP contribution in [0.3, 0.4) is 0 Å². The maximum atomic E-state index is 11.4. The van der Waals surface area contributed by atoms with E-state index in [-0.39, 0.29) is 12.0 Å². The van der Waals surface area contributed by atoms with Crippen LogP contribution in [0.1, 0.15) is 19.8 Å². The molecule has 0 saturated carbocycles. The summed E-state index contributed by atoms with van der Waals surface area (Å²) < 4.78 is 5.86. The van der Waals surface area contributed by atoms with Crippen LogP contribution >= 0.6 is 0 Å². The van der Waals surface area contributed by atoms with Crippen molar-refractivity contribution in [2.45, 2.75) is 25.9 Å². The number of nitrogens with zero attached hydrogens (tertiary/aromatic N) is 4. The lowest BCUT2D eigenvalue weighted by Gasteiger charge is -2.38. The standard InChI is InChI=1S/C17H27N5O2/c1-14(23)22-7-4-15(5-8-22)12-21-9-10-24-16(13-21)11-18-17-3-2-6-19-20-17/h2-3,6,15-16H,4-5,7-13H2,1H3,(H,18,20). The molecule has 1 aromatic rings. The molecule has 1 unspecified atom stereocenters. The van der Waals surface area contributed by atoms with E-state index in [1.54, 1.807) is 13.1 Å². The second-order valence-electron chi connectivity index (χ2n) is 6.69. The third-order valence-electron chi connectivity index (χ3n) is 4.88. The fraction of sp³-hybridized carbons (Fsp3) is 0.706. The average molecular weight is 333 g/mol. The van der Waals surface area contributed by atoms with Crippen molar-refractivity contribution in [1.82, 2.24) is 20.0 Å². The summed E-state index contributed by atoms with van der Waals surface area (Å²) in [4.78, 5) is 15.9. The first kappa shape index (κ1) is 17.1. The number of rotatable bonds is 5. The van der Waals surface area contributed by atoms with Gasteiger partial charge < -0.3 is 15.0 Å². The third kappa shape index (κ3) is 4.88. The predicted molar refractivity (Wildman–Crippen MR) is 91.7 cm³/mol. The van der Waals surface area contributed by atoms with E-state index in [4.69, 9.17) is 4.74 Å². The van der Waals surface area contributed by atoms with E-state index < -0.39 is 0 Å². The van der Waals surface area contributed by atoms with E-state index in [1.807, 2.05) is 17.0 Å². The van der Waals surface area contributed by atoms with Gasteiger partial charge in [0.2, 0.25) is 5.91 Å². The van der Waals surface area contributed by atoms with Gasteiger partial charge in [-0.25, -0.2) is 0 Å². The van der Waals surface area contributed by atoms with Gasteiger partial charge in [-0.05, 0) is 30.9 Å². The summed E-state index contributed by atoms with van der Waals surface area (Å²) in [5.41, 5.74) is 0. The molecule has 3 rings (SSSR count). The largest absolute Gasteiger partial charge is 0.374 e. The molecular weight excluding hydrogens is 306 g/mol. The summed E-state index contributed by atoms with van der Waals surface area (Å²) in [6.45, 7) is 8.05. The van der Waals surface area contributed by atoms with Crippen molar-refractivity contribution in [3.05, 3.63) is 18.3 Å². The van der Waals surface area contributed by atoms with Gasteiger partial charge in [-0.15, -0.1) is 5.10 Å². The Hall–Kier alpha value is -1.73. The number of amides is 1. The Labute approximate surface area is 143 Å². The summed E-state index contributed by atoms with van der Waals surface area (Å²) in [5.74, 6) is 1.68. The van der Waals surface area contributed by atoms with Crippen LogP contribution in [0.4, 0.5) is 5.82 Å². The van der Waals surface area contributed by atoms with Gasteiger partial charge >= 0.3 is 0 Å². The third-order valence-corrected chi connectivity index (χ3v) is 4.88. The van der Waals surface area contributed by atoms with Crippen molar-refractivity contribution in [1.29, 1.82) is 0 Å². The minimum Gasteiger partial charge on any atom is -0.374 e. The summed E-state index contributed by atoms with van der Waals surface area (Å²) in [6.07, 6.45) is 4.07. The first-order valence-corrected chi connectivity index (χ1v) is 8.82. The molecule has 0 spiro atoms. The average Bonchev–Trinajstić information content (AvgIpc) is 2.62. The molecule has 0 radical (unpaired) electrons. The van der Waals surface area contributed by atoms with Crippen molar-refractivity contribution >= 4 is 11.7 Å². The van der Waals surface area contributed by atoms with Crippen LogP contribution in [-0.4, -0.2) is 77.9 Å². The zero-order chi connectivity index (χ0) is 16.8. The van der Waals surface area contributed by atoms with E-state index in [2.05, 4.69) is 20.4 Å². The zero-order valence-corrected chi connectivity index (χ0v) is 14.4. The van der Waals surface area contributed by atoms with E-state index in [0.717, 1.165) is 64.5 Å². The van der Waals surface area contributed by atoms with E-state index in [1.165, 1.54) is 0 Å². The molecule has 7 heteroatoms. The van der Waals surface area contributed by atoms with Crippen molar-refractivity contribution in [2.75, 3.05) is 51.2 Å². The summed E-state index contributed by atoms with van der Waals surface area (Å²) >= 11 is 0. The molecule has 2 aliphatic rings. The molecule has 1 atom stereocenters. The molecule has 1 amide bonds. The van der Waals surface area contributed by atoms with E-state index in [0.29, 0.717) is 5.92 Å². The van der Waals surface area contributed by atoms with Gasteiger partial charge in [0.25, 0.3) is 0 Å². The van der Waals surface area contributed by atoms with Crippen LogP contribution in [0, 0.1) is 5.92 Å². The second kappa shape index (κ2) is 8.39. The molecule has 2 aliphatic heterocycles. The lowest BCUT2D eigenvalue weighted by atomic mass is 9.96. The first-order chi connectivity index (χ1) is 11.7. The quantitative estimate of drug-likeness (QED) is 0.861. The Kier molecular flexibility index (Phi) is 5.98. The van der Waals surface area contributed by atoms with Crippen LogP contribution in [-0.2, 0) is 9.53 Å². The summed E-state index contributed by atoms with van der Waals surface area (Å²) in [7, 11) is 0. The molecule has 7 nitrogen and oxygen atoms in total. The van der Waals surface area contributed by atoms with Gasteiger partial charge in [0, 0.05) is 52.4 Å². The number of hydrogen-bond donors (Lipinski definition) is 1. The lowest BCUT2D eigenvalue weighted by Crippen LogP contribution is -2.48. The first-order valence-electron chi connectivity index (χ1n) is 8.82. The zero-order valence-electron chi connectivity index (χ0n) is 14.4. The monoisotopic (exact) mass is 333 g/mol. The number of likely N-dealkylation sites (tertiary alicyclic amines) is 1. The number of ether oxygens (including phenoxy) is 1. The fourth-order valence-electron chi connectivity index (χ4n) is 3.48. The molecular formula is C17H27N5O2. The van der Waals surface area contributed by atoms with Gasteiger partial charge in [0.05, 0.1) is 12.7 Å². The highest BCUT2D eigenvalue weighted by Crippen LogP contribution is 2.20. The number of aromatic nitrogens is 2.